The lowest BCUT2D eigenvalue weighted by molar-refractivity contribution is -0.198. The van der Waals surface area contributed by atoms with Crippen molar-refractivity contribution < 1.29 is 26.7 Å². The summed E-state index contributed by atoms with van der Waals surface area (Å²) in [4.78, 5) is 0. The smallest absolute Gasteiger partial charge is 0.394 e. The predicted molar refractivity (Wildman–Crippen MR) is 41.0 cm³/mol. The number of hydrogen-bond acceptors (Lipinski definition) is 1. The first kappa shape index (κ1) is 13.2. The Balaban J connectivity index is 4.01. The highest BCUT2D eigenvalue weighted by molar-refractivity contribution is 4.82. The maximum absolute atomic E-state index is 12.5. The van der Waals surface area contributed by atoms with Crippen molar-refractivity contribution in [3.63, 3.8) is 0 Å². The van der Waals surface area contributed by atoms with Crippen molar-refractivity contribution in [3.05, 3.63) is 12.3 Å². The minimum Gasteiger partial charge on any atom is -0.492 e. The van der Waals surface area contributed by atoms with Crippen molar-refractivity contribution in [2.75, 3.05) is 6.61 Å². The highest BCUT2D eigenvalue weighted by Crippen LogP contribution is 2.31. The van der Waals surface area contributed by atoms with Crippen LogP contribution in [0.5, 0.6) is 0 Å². The molecule has 0 aliphatic heterocycles. The van der Waals surface area contributed by atoms with Crippen LogP contribution in [0.25, 0.3) is 0 Å². The molecule has 0 saturated carbocycles. The van der Waals surface area contributed by atoms with Gasteiger partial charge in [0.15, 0.2) is 6.61 Å². The number of alkyl halides is 5. The molecule has 84 valence electrons. The third-order valence-electron chi connectivity index (χ3n) is 1.34. The van der Waals surface area contributed by atoms with Crippen molar-refractivity contribution >= 4 is 0 Å². The quantitative estimate of drug-likeness (QED) is 0.506. The molecule has 0 saturated heterocycles. The number of rotatable bonds is 5. The van der Waals surface area contributed by atoms with E-state index in [9.17, 15) is 22.0 Å². The summed E-state index contributed by atoms with van der Waals surface area (Å²) in [6, 6.07) is 0. The van der Waals surface area contributed by atoms with Crippen LogP contribution in [0.2, 0.25) is 0 Å². The van der Waals surface area contributed by atoms with Crippen LogP contribution < -0.4 is 0 Å². The molecule has 0 rings (SSSR count). The first-order valence-electron chi connectivity index (χ1n) is 3.91. The van der Waals surface area contributed by atoms with Gasteiger partial charge in [0.25, 0.3) is 5.92 Å². The molecule has 0 unspecified atom stereocenters. The lowest BCUT2D eigenvalue weighted by Gasteiger charge is -2.18. The van der Waals surface area contributed by atoms with Gasteiger partial charge in [0, 0.05) is 6.42 Å². The SMILES string of the molecule is C=C(CC)OCC(F)(F)CC(F)(F)F. The van der Waals surface area contributed by atoms with Gasteiger partial charge in [0.05, 0.1) is 5.76 Å². The van der Waals surface area contributed by atoms with Crippen molar-refractivity contribution in [2.45, 2.75) is 31.9 Å². The number of allylic oxidation sites excluding steroid dienone is 1. The van der Waals surface area contributed by atoms with E-state index in [-0.39, 0.29) is 5.76 Å². The predicted octanol–water partition coefficient (Wildman–Crippen LogP) is 3.51. The van der Waals surface area contributed by atoms with Gasteiger partial charge >= 0.3 is 6.18 Å². The monoisotopic (exact) mass is 218 g/mol. The maximum atomic E-state index is 12.5. The molecule has 0 spiro atoms. The van der Waals surface area contributed by atoms with Crippen molar-refractivity contribution in [1.82, 2.24) is 0 Å². The Kier molecular flexibility index (Phi) is 4.35. The minimum atomic E-state index is -4.89. The Morgan fingerprint density at radius 1 is 1.21 bits per heavy atom. The van der Waals surface area contributed by atoms with Crippen molar-refractivity contribution in [3.8, 4) is 0 Å². The second-order valence-corrected chi connectivity index (χ2v) is 2.83. The van der Waals surface area contributed by atoms with Crippen LogP contribution in [0.3, 0.4) is 0 Å². The number of ether oxygens (including phenoxy) is 1. The van der Waals surface area contributed by atoms with E-state index >= 15 is 0 Å². The zero-order valence-electron chi connectivity index (χ0n) is 7.63. The molecule has 0 N–H and O–H groups in total. The van der Waals surface area contributed by atoms with Crippen LogP contribution in [0, 0.1) is 0 Å². The topological polar surface area (TPSA) is 9.23 Å². The van der Waals surface area contributed by atoms with Crippen molar-refractivity contribution in [2.24, 2.45) is 0 Å². The summed E-state index contributed by atoms with van der Waals surface area (Å²) in [5, 5.41) is 0. The van der Waals surface area contributed by atoms with Gasteiger partial charge in [0.1, 0.15) is 6.42 Å². The molecule has 0 atom stereocenters. The molecule has 0 aliphatic rings. The average molecular weight is 218 g/mol. The maximum Gasteiger partial charge on any atom is 0.394 e. The second kappa shape index (κ2) is 4.61. The molecule has 0 fully saturated rings. The average Bonchev–Trinajstić information content (AvgIpc) is 1.96. The molecular weight excluding hydrogens is 207 g/mol. The molecule has 6 heteroatoms. The molecule has 0 aliphatic carbocycles. The van der Waals surface area contributed by atoms with Crippen LogP contribution in [-0.4, -0.2) is 18.7 Å². The summed E-state index contributed by atoms with van der Waals surface area (Å²) in [6.07, 6.45) is -6.76. The molecule has 14 heavy (non-hydrogen) atoms. The highest BCUT2D eigenvalue weighted by atomic mass is 19.4. The summed E-state index contributed by atoms with van der Waals surface area (Å²) in [7, 11) is 0. The standard InChI is InChI=1S/C8H11F5O/c1-3-6(2)14-5-7(9,10)4-8(11,12)13/h2-5H2,1H3. The van der Waals surface area contributed by atoms with Crippen molar-refractivity contribution in [1.29, 1.82) is 0 Å². The summed E-state index contributed by atoms with van der Waals surface area (Å²) in [6.45, 7) is 3.56. The summed E-state index contributed by atoms with van der Waals surface area (Å²) >= 11 is 0. The lowest BCUT2D eigenvalue weighted by atomic mass is 10.2. The van der Waals surface area contributed by atoms with E-state index in [1.807, 2.05) is 0 Å². The fourth-order valence-electron chi connectivity index (χ4n) is 0.654. The fourth-order valence-corrected chi connectivity index (χ4v) is 0.654. The first-order chi connectivity index (χ1) is 6.16. The molecule has 0 radical (unpaired) electrons. The molecule has 1 nitrogen and oxygen atoms in total. The van der Waals surface area contributed by atoms with E-state index in [2.05, 4.69) is 11.3 Å². The molecule has 0 aromatic heterocycles. The molecule has 0 amide bonds. The Bertz CT molecular complexity index is 196. The summed E-state index contributed by atoms with van der Waals surface area (Å²) in [5.74, 6) is -3.84. The molecular formula is C8H11F5O. The largest absolute Gasteiger partial charge is 0.492 e. The van der Waals surface area contributed by atoms with Crippen LogP contribution in [0.15, 0.2) is 12.3 Å². The van der Waals surface area contributed by atoms with Gasteiger partial charge in [-0.1, -0.05) is 13.5 Å². The second-order valence-electron chi connectivity index (χ2n) is 2.83. The Morgan fingerprint density at radius 2 is 1.71 bits per heavy atom. The van der Waals surface area contributed by atoms with E-state index < -0.39 is 25.1 Å². The van der Waals surface area contributed by atoms with E-state index in [1.165, 1.54) is 0 Å². The van der Waals surface area contributed by atoms with Gasteiger partial charge in [0.2, 0.25) is 0 Å². The Hall–Kier alpha value is -0.810. The van der Waals surface area contributed by atoms with Crippen LogP contribution >= 0.6 is 0 Å². The first-order valence-corrected chi connectivity index (χ1v) is 3.91. The lowest BCUT2D eigenvalue weighted by Crippen LogP contribution is -2.30. The Labute approximate surface area is 78.5 Å². The van der Waals surface area contributed by atoms with Crippen LogP contribution in [-0.2, 0) is 4.74 Å². The zero-order valence-corrected chi connectivity index (χ0v) is 7.63. The minimum absolute atomic E-state index is 0.0480. The number of hydrogen-bond donors (Lipinski definition) is 0. The number of halogens is 5. The van der Waals surface area contributed by atoms with E-state index in [4.69, 9.17) is 0 Å². The Morgan fingerprint density at radius 3 is 2.07 bits per heavy atom. The van der Waals surface area contributed by atoms with Crippen LogP contribution in [0.1, 0.15) is 19.8 Å². The molecule has 0 aromatic carbocycles. The highest BCUT2D eigenvalue weighted by Gasteiger charge is 2.44. The van der Waals surface area contributed by atoms with Gasteiger partial charge in [-0.15, -0.1) is 0 Å². The van der Waals surface area contributed by atoms with Gasteiger partial charge in [-0.05, 0) is 0 Å². The third kappa shape index (κ3) is 6.68. The molecule has 0 heterocycles. The van der Waals surface area contributed by atoms with Crippen LogP contribution in [0.4, 0.5) is 22.0 Å². The third-order valence-corrected chi connectivity index (χ3v) is 1.34. The van der Waals surface area contributed by atoms with Gasteiger partial charge < -0.3 is 4.74 Å². The fraction of sp³-hybridized carbons (Fsp3) is 0.750. The van der Waals surface area contributed by atoms with Gasteiger partial charge in [-0.2, -0.15) is 13.2 Å². The molecule has 0 bridgehead atoms. The van der Waals surface area contributed by atoms with Gasteiger partial charge in [-0.25, -0.2) is 8.78 Å². The summed E-state index contributed by atoms with van der Waals surface area (Å²) in [5.41, 5.74) is 0. The molecule has 0 aromatic rings. The normalized spacial score (nSPS) is 12.7. The van der Waals surface area contributed by atoms with E-state index in [1.54, 1.807) is 6.92 Å². The zero-order chi connectivity index (χ0) is 11.4. The van der Waals surface area contributed by atoms with E-state index in [0.717, 1.165) is 0 Å². The van der Waals surface area contributed by atoms with Gasteiger partial charge in [-0.3, -0.25) is 0 Å². The summed E-state index contributed by atoms with van der Waals surface area (Å²) < 4.78 is 64.2. The van der Waals surface area contributed by atoms with E-state index in [0.29, 0.717) is 6.42 Å².